The second-order valence-corrected chi connectivity index (χ2v) is 22.5. The van der Waals surface area contributed by atoms with Crippen LogP contribution in [0.3, 0.4) is 0 Å². The smallest absolute Gasteiger partial charge is 0.00262 e. The van der Waals surface area contributed by atoms with Crippen molar-refractivity contribution in [3.8, 4) is 66.8 Å². The Balaban J connectivity index is 0.00000288. The third-order valence-corrected chi connectivity index (χ3v) is 15.7. The Bertz CT molecular complexity index is 4290. The van der Waals surface area contributed by atoms with Crippen LogP contribution in [0.2, 0.25) is 0 Å². The van der Waals surface area contributed by atoms with Gasteiger partial charge in [0.05, 0.1) is 0 Å². The molecule has 0 atom stereocenters. The third-order valence-electron chi connectivity index (χ3n) is 15.7. The van der Waals surface area contributed by atoms with Crippen LogP contribution in [0.5, 0.6) is 0 Å². The second kappa shape index (κ2) is 19.3. The van der Waals surface area contributed by atoms with E-state index in [9.17, 15) is 0 Å². The molecule has 0 aromatic heterocycles. The molecule has 0 radical (unpaired) electrons. The van der Waals surface area contributed by atoms with Gasteiger partial charge < -0.3 is 0 Å². The summed E-state index contributed by atoms with van der Waals surface area (Å²) in [5, 5.41) is 15.2. The van der Waals surface area contributed by atoms with Gasteiger partial charge in [-0.25, -0.2) is 0 Å². The van der Waals surface area contributed by atoms with Gasteiger partial charge >= 0.3 is 0 Å². The first-order chi connectivity index (χ1) is 36.9. The minimum atomic E-state index is 0.00328. The van der Waals surface area contributed by atoms with Crippen LogP contribution >= 0.6 is 0 Å². The summed E-state index contributed by atoms with van der Waals surface area (Å²) in [7, 11) is 0. The molecule has 13 rings (SSSR count). The molecule has 0 aliphatic rings. The predicted octanol–water partition coefficient (Wildman–Crippen LogP) is 22.2. The molecule has 0 bridgehead atoms. The van der Waals surface area contributed by atoms with Crippen LogP contribution in [-0.4, -0.2) is 0 Å². The zero-order valence-electron chi connectivity index (χ0n) is 45.1. The molecule has 0 nitrogen and oxygen atoms in total. The van der Waals surface area contributed by atoms with E-state index in [-0.39, 0.29) is 10.8 Å². The van der Waals surface area contributed by atoms with E-state index < -0.39 is 0 Å². The lowest BCUT2D eigenvalue weighted by molar-refractivity contribution is 0.590. The number of hydrogen-bond acceptors (Lipinski definition) is 0. The molecule has 0 saturated carbocycles. The lowest BCUT2D eigenvalue weighted by Gasteiger charge is -2.25. The highest BCUT2D eigenvalue weighted by Crippen LogP contribution is 2.48. The van der Waals surface area contributed by atoms with Crippen LogP contribution in [0.4, 0.5) is 0 Å². The average Bonchev–Trinajstić information content (AvgIpc) is 3.45. The lowest BCUT2D eigenvalue weighted by Crippen LogP contribution is -2.11. The molecule has 0 aliphatic carbocycles. The van der Waals surface area contributed by atoms with E-state index in [2.05, 4.69) is 284 Å². The van der Waals surface area contributed by atoms with Crippen molar-refractivity contribution >= 4 is 64.6 Å². The van der Waals surface area contributed by atoms with Gasteiger partial charge in [0.2, 0.25) is 0 Å². The van der Waals surface area contributed by atoms with Gasteiger partial charge in [0.15, 0.2) is 0 Å². The maximum absolute atomic E-state index is 2.46. The van der Waals surface area contributed by atoms with Crippen LogP contribution in [0.15, 0.2) is 243 Å². The average molecular weight is 977 g/mol. The minimum Gasteiger partial charge on any atom is -0.0683 e. The van der Waals surface area contributed by atoms with Gasteiger partial charge in [-0.1, -0.05) is 262 Å². The van der Waals surface area contributed by atoms with E-state index in [0.717, 1.165) is 0 Å². The van der Waals surface area contributed by atoms with Gasteiger partial charge in [-0.15, -0.1) is 0 Å². The van der Waals surface area contributed by atoms with Crippen LogP contribution in [0, 0.1) is 0 Å². The molecule has 0 fully saturated rings. The van der Waals surface area contributed by atoms with Crippen molar-refractivity contribution in [2.24, 2.45) is 0 Å². The lowest BCUT2D eigenvalue weighted by atomic mass is 9.79. The number of hydrogen-bond donors (Lipinski definition) is 0. The van der Waals surface area contributed by atoms with E-state index in [0.29, 0.717) is 0 Å². The summed E-state index contributed by atoms with van der Waals surface area (Å²) in [6.45, 7) is 17.9. The van der Waals surface area contributed by atoms with Gasteiger partial charge in [-0.05, 0) is 190 Å². The Labute approximate surface area is 449 Å². The predicted molar refractivity (Wildman–Crippen MR) is 333 cm³/mol. The molecule has 13 aromatic carbocycles. The van der Waals surface area contributed by atoms with Crippen LogP contribution < -0.4 is 0 Å². The summed E-state index contributed by atoms with van der Waals surface area (Å²) in [4.78, 5) is 0. The summed E-state index contributed by atoms with van der Waals surface area (Å²) in [6.07, 6.45) is 0. The molecule has 0 aliphatic heterocycles. The fourth-order valence-electron chi connectivity index (χ4n) is 11.8. The highest BCUT2D eigenvalue weighted by molar-refractivity contribution is 6.23. The van der Waals surface area contributed by atoms with E-state index in [1.807, 2.05) is 13.8 Å². The Kier molecular flexibility index (Phi) is 12.3. The normalized spacial score (nSPS) is 11.9. The summed E-state index contributed by atoms with van der Waals surface area (Å²) >= 11 is 0. The largest absolute Gasteiger partial charge is 0.0683 e. The van der Waals surface area contributed by atoms with E-state index in [1.54, 1.807) is 0 Å². The molecule has 0 unspecified atom stereocenters. The van der Waals surface area contributed by atoms with Crippen molar-refractivity contribution < 1.29 is 0 Å². The maximum Gasteiger partial charge on any atom is -0.00262 e. The van der Waals surface area contributed by atoms with Crippen molar-refractivity contribution in [3.05, 3.63) is 254 Å². The molecular formula is C76H64. The molecule has 0 heteroatoms. The van der Waals surface area contributed by atoms with Crippen LogP contribution in [-0.2, 0) is 10.8 Å². The Morgan fingerprint density at radius 1 is 0.197 bits per heavy atom. The number of benzene rings is 13. The van der Waals surface area contributed by atoms with Gasteiger partial charge in [-0.2, -0.15) is 0 Å². The molecule has 0 N–H and O–H groups in total. The first kappa shape index (κ1) is 48.4. The SMILES string of the molecule is CC.CC(C)(C)c1ccc2c(-c3ccc(-c4ccc5cc(-c6c7ccccc7c(-c7cccc(-c8ccc9ccccc9c8)c7)c7ccccc67)ccc5c4)cc3)c3cc(C(C)(C)C)ccc3c(-c3ccccc3)c2c1. The monoisotopic (exact) mass is 977 g/mol. The van der Waals surface area contributed by atoms with Gasteiger partial charge in [0, 0.05) is 0 Å². The topological polar surface area (TPSA) is 0 Å². The molecule has 76 heavy (non-hydrogen) atoms. The van der Waals surface area contributed by atoms with E-state index in [1.165, 1.54) is 143 Å². The van der Waals surface area contributed by atoms with E-state index in [4.69, 9.17) is 0 Å². The maximum atomic E-state index is 2.46. The molecular weight excluding hydrogens is 913 g/mol. The minimum absolute atomic E-state index is 0.00328. The number of rotatable bonds is 6. The zero-order chi connectivity index (χ0) is 52.3. The molecule has 0 amide bonds. The van der Waals surface area contributed by atoms with Crippen molar-refractivity contribution in [2.45, 2.75) is 66.2 Å². The molecule has 368 valence electrons. The first-order valence-corrected chi connectivity index (χ1v) is 27.2. The van der Waals surface area contributed by atoms with Gasteiger partial charge in [-0.3, -0.25) is 0 Å². The summed E-state index contributed by atoms with van der Waals surface area (Å²) in [5.41, 5.74) is 17.6. The summed E-state index contributed by atoms with van der Waals surface area (Å²) < 4.78 is 0. The van der Waals surface area contributed by atoms with Gasteiger partial charge in [0.25, 0.3) is 0 Å². The Hall–Kier alpha value is -8.58. The first-order valence-electron chi connectivity index (χ1n) is 27.2. The molecule has 0 spiro atoms. The van der Waals surface area contributed by atoms with Crippen molar-refractivity contribution in [1.82, 2.24) is 0 Å². The molecule has 0 saturated heterocycles. The van der Waals surface area contributed by atoms with Crippen molar-refractivity contribution in [2.75, 3.05) is 0 Å². The number of fused-ring (bicyclic) bond motifs is 6. The van der Waals surface area contributed by atoms with Gasteiger partial charge in [0.1, 0.15) is 0 Å². The standard InChI is InChI=1S/C74H58.C2H6/c1-73(2,3)59-38-40-66-67(45-59)69(49-18-8-7-9-19-49)65-39-37-60(74(4,5)6)46-68(65)70(66)50-30-27-48(28-31-50)53-33-34-56-44-58(36-35-55(56)42-53)72-63-25-14-12-23-61(63)71(62-24-13-15-26-64(62)72)57-22-16-21-52(43-57)54-32-29-47-17-10-11-20-51(47)41-54;1-2/h7-46H,1-6H3;1-2H3. The van der Waals surface area contributed by atoms with Crippen molar-refractivity contribution in [3.63, 3.8) is 0 Å². The summed E-state index contributed by atoms with van der Waals surface area (Å²) in [5.74, 6) is 0. The zero-order valence-corrected chi connectivity index (χ0v) is 45.1. The fraction of sp³-hybridized carbons (Fsp3) is 0.132. The van der Waals surface area contributed by atoms with Crippen LogP contribution in [0.1, 0.15) is 66.5 Å². The second-order valence-electron chi connectivity index (χ2n) is 22.5. The van der Waals surface area contributed by atoms with E-state index >= 15 is 0 Å². The molecule has 13 aromatic rings. The quantitative estimate of drug-likeness (QED) is 0.146. The fourth-order valence-corrected chi connectivity index (χ4v) is 11.8. The third kappa shape index (κ3) is 8.62. The van der Waals surface area contributed by atoms with Crippen molar-refractivity contribution in [1.29, 1.82) is 0 Å². The van der Waals surface area contributed by atoms with Crippen LogP contribution in [0.25, 0.3) is 131 Å². The Morgan fingerprint density at radius 2 is 0.513 bits per heavy atom. The molecule has 0 heterocycles. The Morgan fingerprint density at radius 3 is 1.04 bits per heavy atom. The highest BCUT2D eigenvalue weighted by Gasteiger charge is 2.23. The highest BCUT2D eigenvalue weighted by atomic mass is 14.3. The summed E-state index contributed by atoms with van der Waals surface area (Å²) in [6, 6.07) is 91.2.